The first-order valence-corrected chi connectivity index (χ1v) is 12.7. The summed E-state index contributed by atoms with van der Waals surface area (Å²) in [5.74, 6) is 0.154. The Hall–Kier alpha value is -2.75. The summed E-state index contributed by atoms with van der Waals surface area (Å²) in [6.07, 6.45) is 2.74. The zero-order chi connectivity index (χ0) is 22.6. The van der Waals surface area contributed by atoms with Gasteiger partial charge in [0, 0.05) is 24.0 Å². The van der Waals surface area contributed by atoms with E-state index in [1.807, 2.05) is 29.6 Å². The smallest absolute Gasteiger partial charge is 0.338 e. The molecular formula is C23H24N2O5S2. The van der Waals surface area contributed by atoms with Gasteiger partial charge in [0.05, 0.1) is 23.3 Å². The number of hydrogen-bond donors (Lipinski definition) is 0. The minimum absolute atomic E-state index is 0.00239. The van der Waals surface area contributed by atoms with Crippen molar-refractivity contribution in [2.75, 3.05) is 20.2 Å². The van der Waals surface area contributed by atoms with Crippen molar-refractivity contribution in [2.45, 2.75) is 30.8 Å². The quantitative estimate of drug-likeness (QED) is 0.475. The first kappa shape index (κ1) is 22.4. The van der Waals surface area contributed by atoms with E-state index < -0.39 is 16.0 Å². The van der Waals surface area contributed by atoms with Gasteiger partial charge >= 0.3 is 5.97 Å². The Balaban J connectivity index is 1.43. The number of methoxy groups -OCH3 is 1. The molecule has 0 radical (unpaired) electrons. The van der Waals surface area contributed by atoms with Crippen LogP contribution in [-0.4, -0.2) is 43.9 Å². The van der Waals surface area contributed by atoms with Crippen LogP contribution in [0.5, 0.6) is 5.75 Å². The van der Waals surface area contributed by atoms with Gasteiger partial charge in [-0.25, -0.2) is 18.2 Å². The number of carbonyl (C=O) groups is 1. The van der Waals surface area contributed by atoms with Crippen LogP contribution in [0.3, 0.4) is 0 Å². The van der Waals surface area contributed by atoms with Crippen LogP contribution in [0.2, 0.25) is 0 Å². The fraction of sp³-hybridized carbons (Fsp3) is 0.304. The molecule has 1 aliphatic heterocycles. The van der Waals surface area contributed by atoms with Gasteiger partial charge in [-0.2, -0.15) is 4.31 Å². The van der Waals surface area contributed by atoms with Gasteiger partial charge < -0.3 is 9.47 Å². The molecule has 0 N–H and O–H groups in total. The molecule has 0 atom stereocenters. The lowest BCUT2D eigenvalue weighted by Crippen LogP contribution is -2.35. The molecule has 0 bridgehead atoms. The van der Waals surface area contributed by atoms with Crippen LogP contribution in [0.4, 0.5) is 0 Å². The summed E-state index contributed by atoms with van der Waals surface area (Å²) in [4.78, 5) is 17.2. The fourth-order valence-corrected chi connectivity index (χ4v) is 5.89. The van der Waals surface area contributed by atoms with Crippen LogP contribution in [0.25, 0.3) is 10.6 Å². The third kappa shape index (κ3) is 5.01. The van der Waals surface area contributed by atoms with E-state index >= 15 is 0 Å². The average molecular weight is 473 g/mol. The molecule has 1 saturated heterocycles. The minimum atomic E-state index is -3.61. The van der Waals surface area contributed by atoms with E-state index in [0.717, 1.165) is 35.6 Å². The largest absolute Gasteiger partial charge is 0.497 e. The zero-order valence-corrected chi connectivity index (χ0v) is 19.3. The number of thiazole rings is 1. The van der Waals surface area contributed by atoms with Crippen LogP contribution in [0, 0.1) is 0 Å². The Kier molecular flexibility index (Phi) is 6.88. The second kappa shape index (κ2) is 9.81. The minimum Gasteiger partial charge on any atom is -0.497 e. The van der Waals surface area contributed by atoms with Gasteiger partial charge in [-0.15, -0.1) is 11.3 Å². The van der Waals surface area contributed by atoms with Crippen molar-refractivity contribution in [2.24, 2.45) is 0 Å². The van der Waals surface area contributed by atoms with Gasteiger partial charge in [0.1, 0.15) is 17.4 Å². The van der Waals surface area contributed by atoms with Crippen LogP contribution < -0.4 is 4.74 Å². The summed E-state index contributed by atoms with van der Waals surface area (Å²) in [5, 5.41) is 2.63. The van der Waals surface area contributed by atoms with E-state index in [-0.39, 0.29) is 17.1 Å². The molecule has 2 heterocycles. The Bertz CT molecular complexity index is 1200. The summed E-state index contributed by atoms with van der Waals surface area (Å²) in [7, 11) is -2.00. The molecule has 9 heteroatoms. The second-order valence-electron chi connectivity index (χ2n) is 7.44. The topological polar surface area (TPSA) is 85.8 Å². The molecule has 0 aliphatic carbocycles. The van der Waals surface area contributed by atoms with Crippen LogP contribution in [0.15, 0.2) is 58.8 Å². The lowest BCUT2D eigenvalue weighted by atomic mass is 10.2. The molecule has 32 heavy (non-hydrogen) atoms. The highest BCUT2D eigenvalue weighted by atomic mass is 32.2. The number of rotatable bonds is 7. The van der Waals surface area contributed by atoms with Crippen molar-refractivity contribution in [3.8, 4) is 16.3 Å². The number of esters is 1. The maximum Gasteiger partial charge on any atom is 0.338 e. The van der Waals surface area contributed by atoms with Gasteiger partial charge in [0.25, 0.3) is 0 Å². The molecule has 0 amide bonds. The van der Waals surface area contributed by atoms with E-state index in [1.165, 1.54) is 27.8 Å². The summed E-state index contributed by atoms with van der Waals surface area (Å²) in [6.45, 7) is 1.02. The molecule has 0 spiro atoms. The zero-order valence-electron chi connectivity index (χ0n) is 17.7. The van der Waals surface area contributed by atoms with E-state index in [0.29, 0.717) is 18.8 Å². The Labute approximate surface area is 191 Å². The Morgan fingerprint density at radius 2 is 1.88 bits per heavy atom. The fourth-order valence-electron chi connectivity index (χ4n) is 3.52. The normalized spacial score (nSPS) is 14.8. The average Bonchev–Trinajstić information content (AvgIpc) is 3.32. The molecule has 0 unspecified atom stereocenters. The molecule has 3 aromatic rings. The summed E-state index contributed by atoms with van der Waals surface area (Å²) in [5.41, 5.74) is 1.74. The highest BCUT2D eigenvalue weighted by Crippen LogP contribution is 2.27. The van der Waals surface area contributed by atoms with Crippen molar-refractivity contribution < 1.29 is 22.7 Å². The molecular weight excluding hydrogens is 448 g/mol. The predicted octanol–water partition coefficient (Wildman–Crippen LogP) is 4.35. The first-order valence-electron chi connectivity index (χ1n) is 10.3. The first-order chi connectivity index (χ1) is 15.5. The van der Waals surface area contributed by atoms with E-state index in [1.54, 1.807) is 19.2 Å². The monoisotopic (exact) mass is 472 g/mol. The number of nitrogens with zero attached hydrogens (tertiary/aromatic N) is 2. The van der Waals surface area contributed by atoms with Crippen molar-refractivity contribution in [3.63, 3.8) is 0 Å². The third-order valence-corrected chi connectivity index (χ3v) is 8.08. The van der Waals surface area contributed by atoms with E-state index in [4.69, 9.17) is 9.47 Å². The molecule has 1 aromatic heterocycles. The number of piperidine rings is 1. The Morgan fingerprint density at radius 3 is 2.66 bits per heavy atom. The van der Waals surface area contributed by atoms with Crippen molar-refractivity contribution in [1.82, 2.24) is 9.29 Å². The predicted molar refractivity (Wildman–Crippen MR) is 122 cm³/mol. The maximum atomic E-state index is 12.9. The van der Waals surface area contributed by atoms with Crippen molar-refractivity contribution in [1.29, 1.82) is 0 Å². The molecule has 168 valence electrons. The molecule has 0 saturated carbocycles. The van der Waals surface area contributed by atoms with E-state index in [2.05, 4.69) is 4.98 Å². The van der Waals surface area contributed by atoms with Gasteiger partial charge in [0.15, 0.2) is 0 Å². The van der Waals surface area contributed by atoms with Crippen LogP contribution >= 0.6 is 11.3 Å². The highest BCUT2D eigenvalue weighted by Gasteiger charge is 2.26. The Morgan fingerprint density at radius 1 is 1.09 bits per heavy atom. The van der Waals surface area contributed by atoms with Crippen LogP contribution in [-0.2, 0) is 21.4 Å². The number of benzene rings is 2. The summed E-state index contributed by atoms with van der Waals surface area (Å²) in [6, 6.07) is 13.6. The SMILES string of the molecule is COc1cccc(-c2nc(COC(=O)c3cccc(S(=O)(=O)N4CCCCC4)c3)cs2)c1. The van der Waals surface area contributed by atoms with Gasteiger partial charge in [0.2, 0.25) is 10.0 Å². The lowest BCUT2D eigenvalue weighted by Gasteiger charge is -2.25. The molecule has 1 fully saturated rings. The molecule has 1 aliphatic rings. The molecule has 4 rings (SSSR count). The van der Waals surface area contributed by atoms with Crippen molar-refractivity contribution in [3.05, 3.63) is 65.2 Å². The highest BCUT2D eigenvalue weighted by molar-refractivity contribution is 7.89. The third-order valence-electron chi connectivity index (χ3n) is 5.24. The lowest BCUT2D eigenvalue weighted by molar-refractivity contribution is 0.0468. The number of ether oxygens (including phenoxy) is 2. The number of hydrogen-bond acceptors (Lipinski definition) is 7. The second-order valence-corrected chi connectivity index (χ2v) is 10.2. The number of aromatic nitrogens is 1. The van der Waals surface area contributed by atoms with Crippen molar-refractivity contribution >= 4 is 27.3 Å². The standard InChI is InChI=1S/C23H24N2O5S2/c1-29-20-9-5-7-17(13-20)22-24-19(16-31-22)15-30-23(26)18-8-6-10-21(14-18)32(27,28)25-11-3-2-4-12-25/h5-10,13-14,16H,2-4,11-12,15H2,1H3. The van der Waals surface area contributed by atoms with Crippen LogP contribution in [0.1, 0.15) is 35.3 Å². The molecule has 2 aromatic carbocycles. The van der Waals surface area contributed by atoms with Gasteiger partial charge in [-0.1, -0.05) is 24.6 Å². The number of carbonyl (C=O) groups excluding carboxylic acids is 1. The van der Waals surface area contributed by atoms with E-state index in [9.17, 15) is 13.2 Å². The van der Waals surface area contributed by atoms with Gasteiger partial charge in [-0.3, -0.25) is 0 Å². The van der Waals surface area contributed by atoms with Gasteiger partial charge in [-0.05, 0) is 43.2 Å². The number of sulfonamides is 1. The summed E-state index contributed by atoms with van der Waals surface area (Å²) >= 11 is 1.45. The summed E-state index contributed by atoms with van der Waals surface area (Å²) < 4.78 is 37.9. The maximum absolute atomic E-state index is 12.9. The molecule has 7 nitrogen and oxygen atoms in total.